The van der Waals surface area contributed by atoms with E-state index in [2.05, 4.69) is 42.3 Å². The SMILES string of the molecule is Cc1ccc(SCCC(=O)NCc2cc[nH]c2)cc1C. The van der Waals surface area contributed by atoms with E-state index < -0.39 is 0 Å². The molecule has 0 saturated carbocycles. The van der Waals surface area contributed by atoms with Crippen molar-refractivity contribution in [2.24, 2.45) is 0 Å². The normalized spacial score (nSPS) is 10.5. The molecule has 2 aromatic rings. The van der Waals surface area contributed by atoms with Gasteiger partial charge in [0.05, 0.1) is 0 Å². The third-order valence-corrected chi connectivity index (χ3v) is 4.22. The molecular weight excluding hydrogens is 268 g/mol. The lowest BCUT2D eigenvalue weighted by Gasteiger charge is -2.06. The van der Waals surface area contributed by atoms with E-state index in [-0.39, 0.29) is 5.91 Å². The molecule has 1 amide bonds. The molecule has 0 atom stereocenters. The van der Waals surface area contributed by atoms with Crippen LogP contribution in [0.5, 0.6) is 0 Å². The van der Waals surface area contributed by atoms with Crippen molar-refractivity contribution in [1.29, 1.82) is 0 Å². The number of H-pyrrole nitrogens is 1. The van der Waals surface area contributed by atoms with Gasteiger partial charge in [-0.3, -0.25) is 4.79 Å². The summed E-state index contributed by atoms with van der Waals surface area (Å²) in [5.74, 6) is 0.907. The predicted octanol–water partition coefficient (Wildman–Crippen LogP) is 3.43. The fraction of sp³-hybridized carbons (Fsp3) is 0.312. The molecule has 0 saturated heterocycles. The number of hydrogen-bond acceptors (Lipinski definition) is 2. The quantitative estimate of drug-likeness (QED) is 0.800. The van der Waals surface area contributed by atoms with Crippen molar-refractivity contribution < 1.29 is 4.79 Å². The van der Waals surface area contributed by atoms with Crippen LogP contribution in [-0.2, 0) is 11.3 Å². The summed E-state index contributed by atoms with van der Waals surface area (Å²) < 4.78 is 0. The van der Waals surface area contributed by atoms with Gasteiger partial charge in [0.15, 0.2) is 0 Å². The first-order valence-electron chi connectivity index (χ1n) is 6.73. The number of hydrogen-bond donors (Lipinski definition) is 2. The minimum atomic E-state index is 0.0996. The lowest BCUT2D eigenvalue weighted by molar-refractivity contribution is -0.120. The molecule has 1 heterocycles. The summed E-state index contributed by atoms with van der Waals surface area (Å²) in [5.41, 5.74) is 3.70. The lowest BCUT2D eigenvalue weighted by Crippen LogP contribution is -2.22. The second-order valence-electron chi connectivity index (χ2n) is 4.84. The maximum atomic E-state index is 11.7. The van der Waals surface area contributed by atoms with E-state index in [1.54, 1.807) is 11.8 Å². The topological polar surface area (TPSA) is 44.9 Å². The Morgan fingerprint density at radius 3 is 2.80 bits per heavy atom. The van der Waals surface area contributed by atoms with Gasteiger partial charge in [0, 0.05) is 36.0 Å². The number of amides is 1. The summed E-state index contributed by atoms with van der Waals surface area (Å²) in [6.07, 6.45) is 4.29. The van der Waals surface area contributed by atoms with Gasteiger partial charge in [0.1, 0.15) is 0 Å². The van der Waals surface area contributed by atoms with Crippen LogP contribution >= 0.6 is 11.8 Å². The summed E-state index contributed by atoms with van der Waals surface area (Å²) in [5, 5.41) is 2.92. The second-order valence-corrected chi connectivity index (χ2v) is 6.01. The Labute approximate surface area is 124 Å². The van der Waals surface area contributed by atoms with Crippen LogP contribution in [0.25, 0.3) is 0 Å². The number of thioether (sulfide) groups is 1. The Morgan fingerprint density at radius 1 is 1.25 bits per heavy atom. The van der Waals surface area contributed by atoms with E-state index in [4.69, 9.17) is 0 Å². The van der Waals surface area contributed by atoms with Crippen molar-refractivity contribution in [3.63, 3.8) is 0 Å². The molecule has 2 N–H and O–H groups in total. The van der Waals surface area contributed by atoms with E-state index in [0.29, 0.717) is 13.0 Å². The van der Waals surface area contributed by atoms with E-state index in [9.17, 15) is 4.79 Å². The number of rotatable bonds is 6. The van der Waals surface area contributed by atoms with Crippen molar-refractivity contribution >= 4 is 17.7 Å². The highest BCUT2D eigenvalue weighted by Crippen LogP contribution is 2.21. The maximum absolute atomic E-state index is 11.7. The zero-order valence-electron chi connectivity index (χ0n) is 11.9. The first kappa shape index (κ1) is 14.7. The minimum Gasteiger partial charge on any atom is -0.367 e. The van der Waals surface area contributed by atoms with Gasteiger partial charge in [-0.15, -0.1) is 11.8 Å². The molecule has 1 aromatic heterocycles. The molecule has 0 bridgehead atoms. The molecule has 0 radical (unpaired) electrons. The molecule has 106 valence electrons. The number of aromatic nitrogens is 1. The van der Waals surface area contributed by atoms with Gasteiger partial charge >= 0.3 is 0 Å². The summed E-state index contributed by atoms with van der Waals surface area (Å²) in [6, 6.07) is 8.39. The van der Waals surface area contributed by atoms with Crippen molar-refractivity contribution in [3.8, 4) is 0 Å². The Balaban J connectivity index is 1.69. The fourth-order valence-corrected chi connectivity index (χ4v) is 2.77. The predicted molar refractivity (Wildman–Crippen MR) is 83.9 cm³/mol. The molecular formula is C16H20N2OS. The van der Waals surface area contributed by atoms with Crippen LogP contribution in [0.3, 0.4) is 0 Å². The molecule has 3 nitrogen and oxygen atoms in total. The molecule has 1 aromatic carbocycles. The van der Waals surface area contributed by atoms with Crippen LogP contribution in [0.15, 0.2) is 41.6 Å². The van der Waals surface area contributed by atoms with Crippen molar-refractivity contribution in [3.05, 3.63) is 53.3 Å². The number of aromatic amines is 1. The molecule has 20 heavy (non-hydrogen) atoms. The Bertz CT molecular complexity index is 564. The number of carbonyl (C=O) groups excluding carboxylic acids is 1. The molecule has 0 spiro atoms. The molecule has 4 heteroatoms. The second kappa shape index (κ2) is 7.20. The molecule has 0 aliphatic rings. The minimum absolute atomic E-state index is 0.0996. The van der Waals surface area contributed by atoms with Crippen LogP contribution < -0.4 is 5.32 Å². The smallest absolute Gasteiger partial charge is 0.221 e. The van der Waals surface area contributed by atoms with Gasteiger partial charge in [-0.1, -0.05) is 6.07 Å². The highest BCUT2D eigenvalue weighted by molar-refractivity contribution is 7.99. The van der Waals surface area contributed by atoms with Crippen molar-refractivity contribution in [2.45, 2.75) is 31.7 Å². The zero-order valence-corrected chi connectivity index (χ0v) is 12.7. The van der Waals surface area contributed by atoms with Crippen molar-refractivity contribution in [2.75, 3.05) is 5.75 Å². The van der Waals surface area contributed by atoms with Gasteiger partial charge in [-0.05, 0) is 48.7 Å². The highest BCUT2D eigenvalue weighted by atomic mass is 32.2. The van der Waals surface area contributed by atoms with Crippen LogP contribution in [0.1, 0.15) is 23.1 Å². The van der Waals surface area contributed by atoms with E-state index >= 15 is 0 Å². The van der Waals surface area contributed by atoms with E-state index in [1.807, 2.05) is 18.5 Å². The van der Waals surface area contributed by atoms with E-state index in [1.165, 1.54) is 16.0 Å². The molecule has 2 rings (SSSR count). The molecule has 0 unspecified atom stereocenters. The number of nitrogens with one attached hydrogen (secondary N) is 2. The first-order chi connectivity index (χ1) is 9.65. The van der Waals surface area contributed by atoms with E-state index in [0.717, 1.165) is 11.3 Å². The monoisotopic (exact) mass is 288 g/mol. The largest absolute Gasteiger partial charge is 0.367 e. The van der Waals surface area contributed by atoms with Crippen molar-refractivity contribution in [1.82, 2.24) is 10.3 Å². The molecule has 0 aliphatic heterocycles. The van der Waals surface area contributed by atoms with Gasteiger partial charge in [-0.2, -0.15) is 0 Å². The van der Waals surface area contributed by atoms with Crippen LogP contribution in [-0.4, -0.2) is 16.6 Å². The average molecular weight is 288 g/mol. The van der Waals surface area contributed by atoms with Crippen LogP contribution in [0.4, 0.5) is 0 Å². The number of aryl methyl sites for hydroxylation is 2. The summed E-state index contributed by atoms with van der Waals surface area (Å²) in [6.45, 7) is 4.82. The van der Waals surface area contributed by atoms with Gasteiger partial charge < -0.3 is 10.3 Å². The Kier molecular flexibility index (Phi) is 5.30. The maximum Gasteiger partial charge on any atom is 0.221 e. The van der Waals surface area contributed by atoms with Crippen LogP contribution in [0, 0.1) is 13.8 Å². The standard InChI is InChI=1S/C16H20N2OS/c1-12-3-4-15(9-13(12)2)20-8-6-16(19)18-11-14-5-7-17-10-14/h3-5,7,9-10,17H,6,8,11H2,1-2H3,(H,18,19). The van der Waals surface area contributed by atoms with Gasteiger partial charge in [0.2, 0.25) is 5.91 Å². The third-order valence-electron chi connectivity index (χ3n) is 3.23. The summed E-state index contributed by atoms with van der Waals surface area (Å²) in [7, 11) is 0. The van der Waals surface area contributed by atoms with Crippen LogP contribution in [0.2, 0.25) is 0 Å². The molecule has 0 aliphatic carbocycles. The molecule has 0 fully saturated rings. The zero-order chi connectivity index (χ0) is 14.4. The Hall–Kier alpha value is -1.68. The van der Waals surface area contributed by atoms with Gasteiger partial charge in [0.25, 0.3) is 0 Å². The third kappa shape index (κ3) is 4.46. The lowest BCUT2D eigenvalue weighted by atomic mass is 10.1. The average Bonchev–Trinajstić information content (AvgIpc) is 2.94. The number of benzene rings is 1. The summed E-state index contributed by atoms with van der Waals surface area (Å²) in [4.78, 5) is 15.9. The Morgan fingerprint density at radius 2 is 2.10 bits per heavy atom. The van der Waals surface area contributed by atoms with Gasteiger partial charge in [-0.25, -0.2) is 0 Å². The fourth-order valence-electron chi connectivity index (χ4n) is 1.82. The number of carbonyl (C=O) groups is 1. The highest BCUT2D eigenvalue weighted by Gasteiger charge is 2.03. The first-order valence-corrected chi connectivity index (χ1v) is 7.72. The summed E-state index contributed by atoms with van der Waals surface area (Å²) >= 11 is 1.73.